The van der Waals surface area contributed by atoms with E-state index in [0.29, 0.717) is 16.1 Å². The second-order valence-electron chi connectivity index (χ2n) is 3.81. The lowest BCUT2D eigenvalue weighted by atomic mass is 10.0. The van der Waals surface area contributed by atoms with Crippen molar-refractivity contribution in [2.75, 3.05) is 5.73 Å². The van der Waals surface area contributed by atoms with Gasteiger partial charge in [-0.1, -0.05) is 29.8 Å². The maximum absolute atomic E-state index is 12.5. The molecule has 2 N–H and O–H groups in total. The fourth-order valence-electron chi connectivity index (χ4n) is 1.66. The van der Waals surface area contributed by atoms with Crippen LogP contribution in [0.25, 0.3) is 11.1 Å². The molecule has 0 atom stereocenters. The number of anilines is 1. The predicted molar refractivity (Wildman–Crippen MR) is 66.3 cm³/mol. The van der Waals surface area contributed by atoms with E-state index in [1.807, 2.05) is 0 Å². The van der Waals surface area contributed by atoms with Gasteiger partial charge >= 0.3 is 6.18 Å². The zero-order chi connectivity index (χ0) is 13.3. The first-order valence-corrected chi connectivity index (χ1v) is 5.48. The van der Waals surface area contributed by atoms with Crippen LogP contribution in [0.4, 0.5) is 18.9 Å². The number of nitrogen functional groups attached to an aromatic ring is 1. The lowest BCUT2D eigenvalue weighted by molar-refractivity contribution is -0.137. The third kappa shape index (κ3) is 2.59. The van der Waals surface area contributed by atoms with Gasteiger partial charge in [-0.15, -0.1) is 0 Å². The number of halogens is 4. The van der Waals surface area contributed by atoms with E-state index in [1.54, 1.807) is 24.3 Å². The average Bonchev–Trinajstić information content (AvgIpc) is 2.27. The molecular weight excluding hydrogens is 263 g/mol. The van der Waals surface area contributed by atoms with Crippen LogP contribution in [0.2, 0.25) is 5.02 Å². The van der Waals surface area contributed by atoms with Gasteiger partial charge in [-0.2, -0.15) is 13.2 Å². The van der Waals surface area contributed by atoms with Gasteiger partial charge in [0.2, 0.25) is 0 Å². The highest BCUT2D eigenvalue weighted by molar-refractivity contribution is 6.30. The highest BCUT2D eigenvalue weighted by Crippen LogP contribution is 2.35. The van der Waals surface area contributed by atoms with Crippen LogP contribution in [-0.2, 0) is 6.18 Å². The Morgan fingerprint density at radius 3 is 2.28 bits per heavy atom. The molecule has 2 rings (SSSR count). The maximum Gasteiger partial charge on any atom is 0.416 e. The monoisotopic (exact) mass is 271 g/mol. The molecule has 0 bridgehead atoms. The van der Waals surface area contributed by atoms with Gasteiger partial charge in [-0.05, 0) is 29.8 Å². The quantitative estimate of drug-likeness (QED) is 0.753. The van der Waals surface area contributed by atoms with Crippen molar-refractivity contribution in [1.82, 2.24) is 0 Å². The third-order valence-corrected chi connectivity index (χ3v) is 2.75. The van der Waals surface area contributed by atoms with E-state index < -0.39 is 11.7 Å². The molecule has 2 aromatic carbocycles. The van der Waals surface area contributed by atoms with Crippen LogP contribution in [0.15, 0.2) is 42.5 Å². The topological polar surface area (TPSA) is 26.0 Å². The zero-order valence-electron chi connectivity index (χ0n) is 9.13. The van der Waals surface area contributed by atoms with Crippen molar-refractivity contribution in [2.45, 2.75) is 6.18 Å². The van der Waals surface area contributed by atoms with Crippen molar-refractivity contribution >= 4 is 17.3 Å². The molecule has 0 saturated heterocycles. The molecule has 0 spiro atoms. The average molecular weight is 272 g/mol. The summed E-state index contributed by atoms with van der Waals surface area (Å²) in [6.45, 7) is 0. The molecule has 18 heavy (non-hydrogen) atoms. The fourth-order valence-corrected chi connectivity index (χ4v) is 1.85. The first-order valence-electron chi connectivity index (χ1n) is 5.10. The Kier molecular flexibility index (Phi) is 3.22. The Hall–Kier alpha value is -1.68. The minimum Gasteiger partial charge on any atom is -0.398 e. The third-order valence-electron chi connectivity index (χ3n) is 2.51. The first-order chi connectivity index (χ1) is 8.38. The lowest BCUT2D eigenvalue weighted by Gasteiger charge is -2.11. The van der Waals surface area contributed by atoms with Gasteiger partial charge in [0.1, 0.15) is 0 Å². The van der Waals surface area contributed by atoms with Crippen LogP contribution in [-0.4, -0.2) is 0 Å². The second-order valence-corrected chi connectivity index (χ2v) is 4.25. The van der Waals surface area contributed by atoms with Gasteiger partial charge in [-0.25, -0.2) is 0 Å². The Morgan fingerprint density at radius 1 is 1.00 bits per heavy atom. The van der Waals surface area contributed by atoms with Gasteiger partial charge in [0.15, 0.2) is 0 Å². The molecule has 0 saturated carbocycles. The molecule has 94 valence electrons. The van der Waals surface area contributed by atoms with E-state index in [-0.39, 0.29) is 5.69 Å². The number of hydrogen-bond donors (Lipinski definition) is 1. The van der Waals surface area contributed by atoms with Crippen LogP contribution in [0.3, 0.4) is 0 Å². The van der Waals surface area contributed by atoms with Gasteiger partial charge in [0.25, 0.3) is 0 Å². The Morgan fingerprint density at radius 2 is 1.72 bits per heavy atom. The standard InChI is InChI=1S/C13H9ClF3N/c14-10-3-1-2-8(6-10)11-5-4-9(7-12(11)18)13(15,16)17/h1-7H,18H2. The second kappa shape index (κ2) is 4.53. The zero-order valence-corrected chi connectivity index (χ0v) is 9.89. The number of hydrogen-bond acceptors (Lipinski definition) is 1. The molecule has 0 aliphatic carbocycles. The van der Waals surface area contributed by atoms with Gasteiger partial charge in [-0.3, -0.25) is 0 Å². The molecule has 0 heterocycles. The van der Waals surface area contributed by atoms with Crippen molar-refractivity contribution in [3.8, 4) is 11.1 Å². The molecule has 0 aliphatic rings. The van der Waals surface area contributed by atoms with Gasteiger partial charge < -0.3 is 5.73 Å². The number of rotatable bonds is 1. The van der Waals surface area contributed by atoms with Crippen molar-refractivity contribution < 1.29 is 13.2 Å². The van der Waals surface area contributed by atoms with E-state index in [9.17, 15) is 13.2 Å². The minimum atomic E-state index is -4.39. The van der Waals surface area contributed by atoms with Crippen molar-refractivity contribution in [2.24, 2.45) is 0 Å². The van der Waals surface area contributed by atoms with E-state index in [2.05, 4.69) is 0 Å². The summed E-state index contributed by atoms with van der Waals surface area (Å²) in [7, 11) is 0. The maximum atomic E-state index is 12.5. The molecule has 0 unspecified atom stereocenters. The number of benzene rings is 2. The van der Waals surface area contributed by atoms with Gasteiger partial charge in [0, 0.05) is 16.3 Å². The lowest BCUT2D eigenvalue weighted by Crippen LogP contribution is -2.05. The minimum absolute atomic E-state index is 0.0760. The van der Waals surface area contributed by atoms with E-state index in [4.69, 9.17) is 17.3 Å². The largest absolute Gasteiger partial charge is 0.416 e. The summed E-state index contributed by atoms with van der Waals surface area (Å²) >= 11 is 5.83. The summed E-state index contributed by atoms with van der Waals surface area (Å²) in [5.41, 5.74) is 6.20. The number of nitrogens with two attached hydrogens (primary N) is 1. The molecule has 0 fully saturated rings. The van der Waals surface area contributed by atoms with Crippen LogP contribution >= 0.6 is 11.6 Å². The SMILES string of the molecule is Nc1cc(C(F)(F)F)ccc1-c1cccc(Cl)c1. The Balaban J connectivity index is 2.48. The molecule has 1 nitrogen and oxygen atoms in total. The van der Waals surface area contributed by atoms with Crippen molar-refractivity contribution in [3.05, 3.63) is 53.1 Å². The van der Waals surface area contributed by atoms with Crippen LogP contribution in [0.1, 0.15) is 5.56 Å². The molecule has 0 aliphatic heterocycles. The molecule has 0 amide bonds. The predicted octanol–water partition coefficient (Wildman–Crippen LogP) is 4.61. The summed E-state index contributed by atoms with van der Waals surface area (Å²) in [6.07, 6.45) is -4.39. The van der Waals surface area contributed by atoms with E-state index >= 15 is 0 Å². The smallest absolute Gasteiger partial charge is 0.398 e. The molecule has 0 radical (unpaired) electrons. The van der Waals surface area contributed by atoms with Crippen LogP contribution < -0.4 is 5.73 Å². The number of alkyl halides is 3. The summed E-state index contributed by atoms with van der Waals surface area (Å²) in [5.74, 6) is 0. The van der Waals surface area contributed by atoms with Gasteiger partial charge in [0.05, 0.1) is 5.56 Å². The first kappa shape index (κ1) is 12.8. The van der Waals surface area contributed by atoms with E-state index in [0.717, 1.165) is 12.1 Å². The summed E-state index contributed by atoms with van der Waals surface area (Å²) in [4.78, 5) is 0. The highest BCUT2D eigenvalue weighted by Gasteiger charge is 2.30. The fraction of sp³-hybridized carbons (Fsp3) is 0.0769. The molecule has 0 aromatic heterocycles. The van der Waals surface area contributed by atoms with Crippen LogP contribution in [0.5, 0.6) is 0 Å². The van der Waals surface area contributed by atoms with Crippen molar-refractivity contribution in [1.29, 1.82) is 0 Å². The summed E-state index contributed by atoms with van der Waals surface area (Å²) in [6, 6.07) is 10.1. The molecular formula is C13H9ClF3N. The Bertz CT molecular complexity index is 579. The Labute approximate surface area is 107 Å². The highest BCUT2D eigenvalue weighted by atomic mass is 35.5. The molecule has 2 aromatic rings. The van der Waals surface area contributed by atoms with E-state index in [1.165, 1.54) is 6.07 Å². The van der Waals surface area contributed by atoms with Crippen LogP contribution in [0, 0.1) is 0 Å². The van der Waals surface area contributed by atoms with Crippen molar-refractivity contribution in [3.63, 3.8) is 0 Å². The summed E-state index contributed by atoms with van der Waals surface area (Å²) in [5, 5.41) is 0.506. The summed E-state index contributed by atoms with van der Waals surface area (Å²) < 4.78 is 37.5. The molecule has 5 heteroatoms. The normalized spacial score (nSPS) is 11.6.